The molecule has 1 atom stereocenters. The second-order valence-electron chi connectivity index (χ2n) is 5.74. The van der Waals surface area contributed by atoms with Crippen LogP contribution in [0, 0.1) is 5.92 Å². The molecule has 112 valence electrons. The summed E-state index contributed by atoms with van der Waals surface area (Å²) in [5.41, 5.74) is 0.707. The molecule has 5 heteroatoms. The highest BCUT2D eigenvalue weighted by molar-refractivity contribution is 6.33. The average Bonchev–Trinajstić information content (AvgIpc) is 2.90. The van der Waals surface area contributed by atoms with E-state index in [2.05, 4.69) is 0 Å². The first-order chi connectivity index (χ1) is 10.2. The molecule has 3 rings (SSSR count). The highest BCUT2D eigenvalue weighted by atomic mass is 35.5. The Kier molecular flexibility index (Phi) is 4.15. The number of benzene rings is 1. The van der Waals surface area contributed by atoms with Crippen LogP contribution in [-0.2, 0) is 9.59 Å². The largest absolute Gasteiger partial charge is 0.342 e. The molecule has 0 spiro atoms. The summed E-state index contributed by atoms with van der Waals surface area (Å²) in [6.45, 7) is 2.10. The maximum atomic E-state index is 12.5. The monoisotopic (exact) mass is 306 g/mol. The van der Waals surface area contributed by atoms with Gasteiger partial charge in [0.05, 0.1) is 16.6 Å². The van der Waals surface area contributed by atoms with E-state index < -0.39 is 0 Å². The molecule has 0 bridgehead atoms. The molecule has 2 amide bonds. The minimum absolute atomic E-state index is 0.0153. The summed E-state index contributed by atoms with van der Waals surface area (Å²) < 4.78 is 0. The molecule has 0 aromatic heterocycles. The van der Waals surface area contributed by atoms with E-state index in [-0.39, 0.29) is 17.7 Å². The predicted molar refractivity (Wildman–Crippen MR) is 82.3 cm³/mol. The predicted octanol–water partition coefficient (Wildman–Crippen LogP) is 2.71. The van der Waals surface area contributed by atoms with Crippen molar-refractivity contribution in [1.29, 1.82) is 0 Å². The van der Waals surface area contributed by atoms with Crippen molar-refractivity contribution in [3.05, 3.63) is 29.3 Å². The Balaban J connectivity index is 1.72. The van der Waals surface area contributed by atoms with Crippen molar-refractivity contribution in [3.8, 4) is 0 Å². The highest BCUT2D eigenvalue weighted by Gasteiger charge is 2.37. The lowest BCUT2D eigenvalue weighted by molar-refractivity contribution is -0.136. The van der Waals surface area contributed by atoms with Crippen molar-refractivity contribution < 1.29 is 9.59 Å². The van der Waals surface area contributed by atoms with E-state index in [0.717, 1.165) is 25.9 Å². The number of hydrogen-bond donors (Lipinski definition) is 0. The number of nitrogens with zero attached hydrogens (tertiary/aromatic N) is 2. The van der Waals surface area contributed by atoms with E-state index in [9.17, 15) is 9.59 Å². The maximum absolute atomic E-state index is 12.5. The summed E-state index contributed by atoms with van der Waals surface area (Å²) >= 11 is 6.16. The Morgan fingerprint density at radius 2 is 1.86 bits per heavy atom. The lowest BCUT2D eigenvalue weighted by Gasteiger charge is -2.29. The maximum Gasteiger partial charge on any atom is 0.228 e. The Morgan fingerprint density at radius 3 is 2.57 bits per heavy atom. The van der Waals surface area contributed by atoms with Gasteiger partial charge >= 0.3 is 0 Å². The van der Waals surface area contributed by atoms with Crippen molar-refractivity contribution in [2.75, 3.05) is 24.5 Å². The molecule has 0 radical (unpaired) electrons. The first-order valence-corrected chi connectivity index (χ1v) is 7.88. The summed E-state index contributed by atoms with van der Waals surface area (Å²) in [5, 5.41) is 0.553. The molecule has 21 heavy (non-hydrogen) atoms. The first kappa shape index (κ1) is 14.4. The third-order valence-corrected chi connectivity index (χ3v) is 4.60. The van der Waals surface area contributed by atoms with Crippen LogP contribution in [0.5, 0.6) is 0 Å². The van der Waals surface area contributed by atoms with Crippen molar-refractivity contribution in [1.82, 2.24) is 4.90 Å². The normalized spacial score (nSPS) is 22.7. The van der Waals surface area contributed by atoms with Gasteiger partial charge in [0.2, 0.25) is 11.8 Å². The lowest BCUT2D eigenvalue weighted by atomic mass is 10.0. The number of anilines is 1. The van der Waals surface area contributed by atoms with E-state index in [1.54, 1.807) is 11.0 Å². The van der Waals surface area contributed by atoms with Gasteiger partial charge in [-0.1, -0.05) is 23.7 Å². The van der Waals surface area contributed by atoms with E-state index in [4.69, 9.17) is 11.6 Å². The molecule has 1 unspecified atom stereocenters. The molecule has 2 heterocycles. The molecule has 2 aliphatic rings. The molecule has 0 N–H and O–H groups in total. The standard InChI is InChI=1S/C16H19ClN2O2/c17-13-6-2-3-7-14(13)19-11-12(10-15(19)20)16(21)18-8-4-1-5-9-18/h2-3,6-7,12H,1,4-5,8-11H2. The van der Waals surface area contributed by atoms with Gasteiger partial charge in [-0.05, 0) is 31.4 Å². The summed E-state index contributed by atoms with van der Waals surface area (Å²) in [6, 6.07) is 7.29. The van der Waals surface area contributed by atoms with Crippen LogP contribution in [0.3, 0.4) is 0 Å². The Hall–Kier alpha value is -1.55. The fraction of sp³-hybridized carbons (Fsp3) is 0.500. The van der Waals surface area contributed by atoms with Crippen LogP contribution in [0.15, 0.2) is 24.3 Å². The van der Waals surface area contributed by atoms with Gasteiger partial charge in [-0.25, -0.2) is 0 Å². The van der Waals surface area contributed by atoms with Crippen LogP contribution in [0.1, 0.15) is 25.7 Å². The van der Waals surface area contributed by atoms with Gasteiger partial charge in [-0.15, -0.1) is 0 Å². The number of para-hydroxylation sites is 1. The molecule has 2 fully saturated rings. The van der Waals surface area contributed by atoms with Crippen LogP contribution in [0.4, 0.5) is 5.69 Å². The number of likely N-dealkylation sites (tertiary alicyclic amines) is 1. The summed E-state index contributed by atoms with van der Waals surface area (Å²) in [6.07, 6.45) is 3.63. The topological polar surface area (TPSA) is 40.6 Å². The smallest absolute Gasteiger partial charge is 0.228 e. The van der Waals surface area contributed by atoms with Crippen molar-refractivity contribution >= 4 is 29.1 Å². The number of piperidine rings is 1. The average molecular weight is 307 g/mol. The van der Waals surface area contributed by atoms with Crippen molar-refractivity contribution in [3.63, 3.8) is 0 Å². The van der Waals surface area contributed by atoms with Gasteiger partial charge in [-0.3, -0.25) is 9.59 Å². The van der Waals surface area contributed by atoms with Gasteiger partial charge < -0.3 is 9.80 Å². The molecular weight excluding hydrogens is 288 g/mol. The second-order valence-corrected chi connectivity index (χ2v) is 6.15. The zero-order valence-corrected chi connectivity index (χ0v) is 12.7. The van der Waals surface area contributed by atoms with Gasteiger partial charge in [0, 0.05) is 26.1 Å². The van der Waals surface area contributed by atoms with Gasteiger partial charge in [0.15, 0.2) is 0 Å². The van der Waals surface area contributed by atoms with E-state index in [1.165, 1.54) is 6.42 Å². The summed E-state index contributed by atoms with van der Waals surface area (Å²) in [4.78, 5) is 28.3. The molecule has 4 nitrogen and oxygen atoms in total. The fourth-order valence-corrected chi connectivity index (χ4v) is 3.39. The van der Waals surface area contributed by atoms with Crippen LogP contribution in [-0.4, -0.2) is 36.3 Å². The Morgan fingerprint density at radius 1 is 1.14 bits per heavy atom. The highest BCUT2D eigenvalue weighted by Crippen LogP contribution is 2.31. The third kappa shape index (κ3) is 2.91. The van der Waals surface area contributed by atoms with E-state index in [0.29, 0.717) is 23.7 Å². The van der Waals surface area contributed by atoms with Crippen molar-refractivity contribution in [2.45, 2.75) is 25.7 Å². The fourth-order valence-electron chi connectivity index (χ4n) is 3.15. The molecule has 1 aromatic carbocycles. The van der Waals surface area contributed by atoms with Crippen LogP contribution >= 0.6 is 11.6 Å². The minimum Gasteiger partial charge on any atom is -0.342 e. The number of halogens is 1. The quantitative estimate of drug-likeness (QED) is 0.843. The van der Waals surface area contributed by atoms with Gasteiger partial charge in [0.25, 0.3) is 0 Å². The zero-order valence-electron chi connectivity index (χ0n) is 11.9. The van der Waals surface area contributed by atoms with Crippen molar-refractivity contribution in [2.24, 2.45) is 5.92 Å². The molecule has 0 saturated carbocycles. The Bertz CT molecular complexity index is 555. The molecule has 0 aliphatic carbocycles. The Labute approximate surface area is 129 Å². The SMILES string of the molecule is O=C(C1CC(=O)N(c2ccccc2Cl)C1)N1CCCCC1. The van der Waals surface area contributed by atoms with Crippen LogP contribution < -0.4 is 4.90 Å². The number of amides is 2. The number of carbonyl (C=O) groups excluding carboxylic acids is 2. The second kappa shape index (κ2) is 6.06. The van der Waals surface area contributed by atoms with Crippen LogP contribution in [0.2, 0.25) is 5.02 Å². The molecule has 1 aromatic rings. The molecular formula is C16H19ClN2O2. The summed E-state index contributed by atoms with van der Waals surface area (Å²) in [5.74, 6) is -0.122. The molecule has 2 aliphatic heterocycles. The minimum atomic E-state index is -0.230. The first-order valence-electron chi connectivity index (χ1n) is 7.50. The number of hydrogen-bond acceptors (Lipinski definition) is 2. The third-order valence-electron chi connectivity index (χ3n) is 4.29. The lowest BCUT2D eigenvalue weighted by Crippen LogP contribution is -2.40. The zero-order chi connectivity index (χ0) is 14.8. The van der Waals surface area contributed by atoms with Gasteiger partial charge in [0.1, 0.15) is 0 Å². The number of rotatable bonds is 2. The van der Waals surface area contributed by atoms with Gasteiger partial charge in [-0.2, -0.15) is 0 Å². The van der Waals surface area contributed by atoms with E-state index >= 15 is 0 Å². The summed E-state index contributed by atoms with van der Waals surface area (Å²) in [7, 11) is 0. The molecule has 2 saturated heterocycles. The number of carbonyl (C=O) groups is 2. The van der Waals surface area contributed by atoms with Crippen LogP contribution in [0.25, 0.3) is 0 Å². The van der Waals surface area contributed by atoms with E-state index in [1.807, 2.05) is 23.1 Å².